The molecule has 4 bridgehead atoms. The SMILES string of the molecule is C/C(=N\NC(=O)c1nnc(-c2ccccc2)o1)C12CC3CC(CC(C3)C1)C2. The zero-order valence-corrected chi connectivity index (χ0v) is 15.5. The van der Waals surface area contributed by atoms with Crippen molar-refractivity contribution in [2.75, 3.05) is 0 Å². The molecule has 2 aromatic rings. The van der Waals surface area contributed by atoms with E-state index >= 15 is 0 Å². The molecule has 0 aliphatic heterocycles. The number of carbonyl (C=O) groups excluding carboxylic acids is 1. The van der Waals surface area contributed by atoms with Gasteiger partial charge in [0.1, 0.15) is 0 Å². The summed E-state index contributed by atoms with van der Waals surface area (Å²) in [5, 5.41) is 12.3. The summed E-state index contributed by atoms with van der Waals surface area (Å²) in [6, 6.07) is 9.42. The van der Waals surface area contributed by atoms with Crippen molar-refractivity contribution in [1.29, 1.82) is 0 Å². The van der Waals surface area contributed by atoms with Crippen LogP contribution in [0.2, 0.25) is 0 Å². The Kier molecular flexibility index (Phi) is 3.88. The van der Waals surface area contributed by atoms with Crippen molar-refractivity contribution in [3.05, 3.63) is 36.2 Å². The molecule has 4 fully saturated rings. The van der Waals surface area contributed by atoms with Gasteiger partial charge in [0.05, 0.1) is 0 Å². The Labute approximate surface area is 158 Å². The van der Waals surface area contributed by atoms with Crippen molar-refractivity contribution in [1.82, 2.24) is 15.6 Å². The monoisotopic (exact) mass is 364 g/mol. The standard InChI is InChI=1S/C21H24N4O2/c1-13(21-10-14-7-15(11-21)9-16(8-14)12-21)22-23-18(26)20-25-24-19(27-20)17-5-3-2-4-6-17/h2-6,14-16H,7-12H2,1H3,(H,23,26)/b22-13+. The average molecular weight is 364 g/mol. The molecule has 6 heteroatoms. The van der Waals surface area contributed by atoms with Gasteiger partial charge in [-0.3, -0.25) is 4.79 Å². The first-order chi connectivity index (χ1) is 13.1. The number of hydrogen-bond donors (Lipinski definition) is 1. The van der Waals surface area contributed by atoms with Crippen LogP contribution in [0.3, 0.4) is 0 Å². The number of hydrogen-bond acceptors (Lipinski definition) is 5. The number of carbonyl (C=O) groups is 1. The van der Waals surface area contributed by atoms with Crippen LogP contribution in [0, 0.1) is 23.2 Å². The highest BCUT2D eigenvalue weighted by atomic mass is 16.4. The van der Waals surface area contributed by atoms with E-state index in [0.29, 0.717) is 5.89 Å². The minimum Gasteiger partial charge on any atom is -0.412 e. The molecule has 140 valence electrons. The van der Waals surface area contributed by atoms with E-state index < -0.39 is 5.91 Å². The molecule has 1 amide bonds. The molecule has 4 saturated carbocycles. The fraction of sp³-hybridized carbons (Fsp3) is 0.524. The van der Waals surface area contributed by atoms with Gasteiger partial charge < -0.3 is 4.42 Å². The molecular formula is C21H24N4O2. The predicted octanol–water partition coefficient (Wildman–Crippen LogP) is 4.06. The van der Waals surface area contributed by atoms with Gasteiger partial charge in [-0.1, -0.05) is 18.2 Å². The second-order valence-electron chi connectivity index (χ2n) is 8.61. The van der Waals surface area contributed by atoms with Crippen molar-refractivity contribution >= 4 is 11.6 Å². The van der Waals surface area contributed by atoms with Crippen LogP contribution in [0.4, 0.5) is 0 Å². The third-order valence-electron chi connectivity index (χ3n) is 6.77. The van der Waals surface area contributed by atoms with Gasteiger partial charge in [-0.15, -0.1) is 10.2 Å². The summed E-state index contributed by atoms with van der Waals surface area (Å²) in [5.41, 5.74) is 4.67. The van der Waals surface area contributed by atoms with Crippen LogP contribution in [0.5, 0.6) is 0 Å². The molecule has 27 heavy (non-hydrogen) atoms. The van der Waals surface area contributed by atoms with Crippen LogP contribution in [0.1, 0.15) is 56.1 Å². The Hall–Kier alpha value is -2.50. The highest BCUT2D eigenvalue weighted by Gasteiger charge is 2.52. The van der Waals surface area contributed by atoms with Crippen LogP contribution in [-0.4, -0.2) is 21.8 Å². The molecule has 0 spiro atoms. The Morgan fingerprint density at radius 3 is 2.33 bits per heavy atom. The van der Waals surface area contributed by atoms with Crippen LogP contribution in [0.25, 0.3) is 11.5 Å². The van der Waals surface area contributed by atoms with E-state index in [1.807, 2.05) is 30.3 Å². The summed E-state index contributed by atoms with van der Waals surface area (Å²) in [5.74, 6) is 2.37. The van der Waals surface area contributed by atoms with Gasteiger partial charge in [0.25, 0.3) is 0 Å². The van der Waals surface area contributed by atoms with E-state index in [2.05, 4.69) is 27.6 Å². The Morgan fingerprint density at radius 2 is 1.70 bits per heavy atom. The minimum absolute atomic E-state index is 0.0593. The largest absolute Gasteiger partial charge is 0.412 e. The Morgan fingerprint density at radius 1 is 1.07 bits per heavy atom. The molecular weight excluding hydrogens is 340 g/mol. The Balaban J connectivity index is 1.30. The van der Waals surface area contributed by atoms with Crippen LogP contribution < -0.4 is 5.43 Å². The summed E-state index contributed by atoms with van der Waals surface area (Å²) >= 11 is 0. The molecule has 0 atom stereocenters. The van der Waals surface area contributed by atoms with Gasteiger partial charge in [0.15, 0.2) is 0 Å². The van der Waals surface area contributed by atoms with E-state index in [4.69, 9.17) is 4.42 Å². The fourth-order valence-electron chi connectivity index (χ4n) is 5.87. The molecule has 4 aliphatic rings. The molecule has 6 rings (SSSR count). The van der Waals surface area contributed by atoms with Gasteiger partial charge >= 0.3 is 11.8 Å². The molecule has 4 aliphatic carbocycles. The molecule has 1 aromatic heterocycles. The third kappa shape index (κ3) is 2.97. The van der Waals surface area contributed by atoms with E-state index in [0.717, 1.165) is 29.0 Å². The van der Waals surface area contributed by atoms with Crippen LogP contribution in [0.15, 0.2) is 39.9 Å². The summed E-state index contributed by atoms with van der Waals surface area (Å²) < 4.78 is 5.51. The number of nitrogens with one attached hydrogen (secondary N) is 1. The first-order valence-corrected chi connectivity index (χ1v) is 9.85. The van der Waals surface area contributed by atoms with Crippen LogP contribution in [-0.2, 0) is 0 Å². The fourth-order valence-corrected chi connectivity index (χ4v) is 5.87. The van der Waals surface area contributed by atoms with Crippen molar-refractivity contribution < 1.29 is 9.21 Å². The number of aromatic nitrogens is 2. The van der Waals surface area contributed by atoms with E-state index in [1.54, 1.807) is 0 Å². The molecule has 1 heterocycles. The highest BCUT2D eigenvalue weighted by Crippen LogP contribution is 2.60. The zero-order valence-electron chi connectivity index (χ0n) is 15.5. The molecule has 0 unspecified atom stereocenters. The average Bonchev–Trinajstić information content (AvgIpc) is 3.16. The normalized spacial score (nSPS) is 31.9. The number of rotatable bonds is 4. The summed E-state index contributed by atoms with van der Waals surface area (Å²) in [7, 11) is 0. The maximum absolute atomic E-state index is 12.4. The van der Waals surface area contributed by atoms with Crippen molar-refractivity contribution in [2.45, 2.75) is 45.4 Å². The number of amides is 1. The van der Waals surface area contributed by atoms with Gasteiger partial charge in [0, 0.05) is 16.7 Å². The second kappa shape index (κ2) is 6.29. The lowest BCUT2D eigenvalue weighted by Gasteiger charge is -2.56. The summed E-state index contributed by atoms with van der Waals surface area (Å²) in [6.45, 7) is 2.07. The summed E-state index contributed by atoms with van der Waals surface area (Å²) in [4.78, 5) is 12.4. The maximum Gasteiger partial charge on any atom is 0.328 e. The van der Waals surface area contributed by atoms with Gasteiger partial charge in [0.2, 0.25) is 5.89 Å². The Bertz CT molecular complexity index is 851. The third-order valence-corrected chi connectivity index (χ3v) is 6.77. The molecule has 1 aromatic carbocycles. The lowest BCUT2D eigenvalue weighted by Crippen LogP contribution is -2.49. The number of nitrogens with zero attached hydrogens (tertiary/aromatic N) is 3. The molecule has 6 nitrogen and oxygen atoms in total. The molecule has 1 N–H and O–H groups in total. The van der Waals surface area contributed by atoms with E-state index in [9.17, 15) is 4.79 Å². The summed E-state index contributed by atoms with van der Waals surface area (Å²) in [6.07, 6.45) is 7.85. The highest BCUT2D eigenvalue weighted by molar-refractivity contribution is 5.93. The topological polar surface area (TPSA) is 80.4 Å². The minimum atomic E-state index is -0.450. The van der Waals surface area contributed by atoms with Gasteiger partial charge in [-0.05, 0) is 75.3 Å². The van der Waals surface area contributed by atoms with E-state index in [1.165, 1.54) is 38.5 Å². The first kappa shape index (κ1) is 16.7. The first-order valence-electron chi connectivity index (χ1n) is 9.85. The van der Waals surface area contributed by atoms with Crippen molar-refractivity contribution in [3.8, 4) is 11.5 Å². The van der Waals surface area contributed by atoms with Crippen LogP contribution >= 0.6 is 0 Å². The van der Waals surface area contributed by atoms with Gasteiger partial charge in [-0.25, -0.2) is 5.43 Å². The number of benzene rings is 1. The van der Waals surface area contributed by atoms with E-state index in [-0.39, 0.29) is 11.3 Å². The second-order valence-corrected chi connectivity index (χ2v) is 8.61. The maximum atomic E-state index is 12.4. The lowest BCUT2D eigenvalue weighted by atomic mass is 9.48. The quantitative estimate of drug-likeness (QED) is 0.655. The van der Waals surface area contributed by atoms with Gasteiger partial charge in [-0.2, -0.15) is 5.10 Å². The smallest absolute Gasteiger partial charge is 0.328 e. The van der Waals surface area contributed by atoms with Crippen molar-refractivity contribution in [3.63, 3.8) is 0 Å². The molecule has 0 radical (unpaired) electrons. The van der Waals surface area contributed by atoms with Crippen molar-refractivity contribution in [2.24, 2.45) is 28.3 Å². The zero-order chi connectivity index (χ0) is 18.4. The molecule has 0 saturated heterocycles. The predicted molar refractivity (Wildman–Crippen MR) is 101 cm³/mol. The lowest BCUT2D eigenvalue weighted by molar-refractivity contribution is -0.0128. The number of hydrazone groups is 1.